The number of hydrogen-bond donors (Lipinski definition) is 1. The van der Waals surface area contributed by atoms with Crippen molar-refractivity contribution in [3.05, 3.63) is 40.3 Å². The summed E-state index contributed by atoms with van der Waals surface area (Å²) < 4.78 is 6.35. The molecule has 1 aromatic carbocycles. The van der Waals surface area contributed by atoms with Crippen molar-refractivity contribution in [1.82, 2.24) is 15.1 Å². The van der Waals surface area contributed by atoms with Crippen LogP contribution in [0.5, 0.6) is 0 Å². The number of nitrogens with zero attached hydrogens (tertiary/aromatic N) is 2. The summed E-state index contributed by atoms with van der Waals surface area (Å²) in [6.07, 6.45) is 1.49. The summed E-state index contributed by atoms with van der Waals surface area (Å²) in [5, 5.41) is 7.69. The van der Waals surface area contributed by atoms with Crippen LogP contribution < -0.4 is 10.9 Å². The minimum absolute atomic E-state index is 0.0108. The maximum atomic E-state index is 12.4. The van der Waals surface area contributed by atoms with Crippen molar-refractivity contribution in [1.29, 1.82) is 0 Å². The van der Waals surface area contributed by atoms with Gasteiger partial charge in [0.1, 0.15) is 0 Å². The van der Waals surface area contributed by atoms with Gasteiger partial charge in [0.2, 0.25) is 0 Å². The topological polar surface area (TPSA) is 90.3 Å². The lowest BCUT2D eigenvalue weighted by molar-refractivity contribution is -0.124. The van der Waals surface area contributed by atoms with Crippen LogP contribution in [-0.2, 0) is 16.1 Å². The van der Waals surface area contributed by atoms with Crippen LogP contribution in [-0.4, -0.2) is 34.3 Å². The second kappa shape index (κ2) is 8.41. The highest BCUT2D eigenvalue weighted by molar-refractivity contribution is 6.02. The molecule has 0 radical (unpaired) electrons. The molecule has 0 aliphatic carbocycles. The van der Waals surface area contributed by atoms with E-state index in [9.17, 15) is 14.4 Å². The van der Waals surface area contributed by atoms with Crippen LogP contribution in [0.2, 0.25) is 0 Å². The van der Waals surface area contributed by atoms with Crippen molar-refractivity contribution in [2.24, 2.45) is 0 Å². The first-order valence-electron chi connectivity index (χ1n) is 8.44. The molecule has 1 heterocycles. The van der Waals surface area contributed by atoms with E-state index in [0.29, 0.717) is 23.7 Å². The van der Waals surface area contributed by atoms with Gasteiger partial charge in [0, 0.05) is 18.0 Å². The molecule has 1 amide bonds. The van der Waals surface area contributed by atoms with E-state index in [4.69, 9.17) is 4.74 Å². The maximum absolute atomic E-state index is 12.4. The van der Waals surface area contributed by atoms with Crippen LogP contribution >= 0.6 is 0 Å². The van der Waals surface area contributed by atoms with Crippen LogP contribution in [0.15, 0.2) is 29.1 Å². The SMILES string of the molecule is CCCn1nc(C(=O)OCC(=O)N[C@H](C)CC)c2ccccc2c1=O. The molecule has 0 aliphatic heterocycles. The standard InChI is InChI=1S/C18H23N3O4/c1-4-10-21-17(23)14-9-7-6-8-13(14)16(20-21)18(24)25-11-15(22)19-12(3)5-2/h6-9,12H,4-5,10-11H2,1-3H3,(H,19,22)/t12-/m1/s1. The van der Waals surface area contributed by atoms with E-state index in [2.05, 4.69) is 10.4 Å². The lowest BCUT2D eigenvalue weighted by Crippen LogP contribution is -2.35. The van der Waals surface area contributed by atoms with E-state index in [1.165, 1.54) is 4.68 Å². The first-order valence-corrected chi connectivity index (χ1v) is 8.44. The number of aromatic nitrogens is 2. The molecular weight excluding hydrogens is 322 g/mol. The van der Waals surface area contributed by atoms with E-state index >= 15 is 0 Å². The Balaban J connectivity index is 2.27. The third-order valence-electron chi connectivity index (χ3n) is 3.85. The molecule has 2 rings (SSSR count). The molecule has 1 atom stereocenters. The van der Waals surface area contributed by atoms with Gasteiger partial charge in [0.25, 0.3) is 11.5 Å². The zero-order chi connectivity index (χ0) is 18.4. The Morgan fingerprint density at radius 2 is 1.92 bits per heavy atom. The molecule has 0 fully saturated rings. The van der Waals surface area contributed by atoms with E-state index < -0.39 is 5.97 Å². The third-order valence-corrected chi connectivity index (χ3v) is 3.85. The van der Waals surface area contributed by atoms with Crippen LogP contribution in [0.25, 0.3) is 10.8 Å². The Hall–Kier alpha value is -2.70. The molecule has 134 valence electrons. The number of benzene rings is 1. The highest BCUT2D eigenvalue weighted by Gasteiger charge is 2.19. The summed E-state index contributed by atoms with van der Waals surface area (Å²) in [4.78, 5) is 36.6. The number of rotatable bonds is 7. The summed E-state index contributed by atoms with van der Waals surface area (Å²) in [6.45, 7) is 5.75. The van der Waals surface area contributed by atoms with Gasteiger partial charge in [-0.2, -0.15) is 5.10 Å². The number of amides is 1. The Bertz CT molecular complexity index is 829. The van der Waals surface area contributed by atoms with Crippen LogP contribution in [0, 0.1) is 0 Å². The van der Waals surface area contributed by atoms with Gasteiger partial charge in [-0.15, -0.1) is 0 Å². The maximum Gasteiger partial charge on any atom is 0.359 e. The van der Waals surface area contributed by atoms with Crippen molar-refractivity contribution in [2.75, 3.05) is 6.61 Å². The van der Waals surface area contributed by atoms with Crippen molar-refractivity contribution >= 4 is 22.6 Å². The molecule has 0 unspecified atom stereocenters. The van der Waals surface area contributed by atoms with Gasteiger partial charge in [-0.05, 0) is 25.8 Å². The highest BCUT2D eigenvalue weighted by Crippen LogP contribution is 2.14. The number of carbonyl (C=O) groups excluding carboxylic acids is 2. The second-order valence-corrected chi connectivity index (χ2v) is 5.88. The molecule has 2 aromatic rings. The average molecular weight is 345 g/mol. The fourth-order valence-electron chi connectivity index (χ4n) is 2.37. The van der Waals surface area contributed by atoms with E-state index in [0.717, 1.165) is 6.42 Å². The van der Waals surface area contributed by atoms with Crippen LogP contribution in [0.3, 0.4) is 0 Å². The predicted molar refractivity (Wildman–Crippen MR) is 94.5 cm³/mol. The van der Waals surface area contributed by atoms with E-state index in [1.807, 2.05) is 20.8 Å². The fraction of sp³-hybridized carbons (Fsp3) is 0.444. The van der Waals surface area contributed by atoms with E-state index in [-0.39, 0.29) is 29.8 Å². The number of hydrogen-bond acceptors (Lipinski definition) is 5. The number of ether oxygens (including phenoxy) is 1. The summed E-state index contributed by atoms with van der Waals surface area (Å²) in [6, 6.07) is 6.76. The molecule has 0 spiro atoms. The minimum atomic E-state index is -0.722. The third kappa shape index (κ3) is 4.43. The largest absolute Gasteiger partial charge is 0.451 e. The summed E-state index contributed by atoms with van der Waals surface area (Å²) >= 11 is 0. The molecule has 0 saturated carbocycles. The monoisotopic (exact) mass is 345 g/mol. The van der Waals surface area contributed by atoms with Crippen molar-refractivity contribution in [3.63, 3.8) is 0 Å². The second-order valence-electron chi connectivity index (χ2n) is 5.88. The summed E-state index contributed by atoms with van der Waals surface area (Å²) in [5.74, 6) is -1.09. The molecule has 0 saturated heterocycles. The molecule has 25 heavy (non-hydrogen) atoms. The number of fused-ring (bicyclic) bond motifs is 1. The number of aryl methyl sites for hydroxylation is 1. The Kier molecular flexibility index (Phi) is 6.27. The number of carbonyl (C=O) groups is 2. The van der Waals surface area contributed by atoms with Crippen molar-refractivity contribution < 1.29 is 14.3 Å². The first kappa shape index (κ1) is 18.6. The highest BCUT2D eigenvalue weighted by atomic mass is 16.5. The van der Waals surface area contributed by atoms with Gasteiger partial charge in [-0.25, -0.2) is 9.48 Å². The number of esters is 1. The van der Waals surface area contributed by atoms with Crippen LogP contribution in [0.1, 0.15) is 44.1 Å². The lowest BCUT2D eigenvalue weighted by Gasteiger charge is -2.12. The quantitative estimate of drug-likeness (QED) is 0.774. The average Bonchev–Trinajstić information content (AvgIpc) is 2.62. The molecule has 0 aliphatic rings. The van der Waals surface area contributed by atoms with E-state index in [1.54, 1.807) is 24.3 Å². The zero-order valence-electron chi connectivity index (χ0n) is 14.7. The molecule has 0 bridgehead atoms. The fourth-order valence-corrected chi connectivity index (χ4v) is 2.37. The van der Waals surface area contributed by atoms with Gasteiger partial charge < -0.3 is 10.1 Å². The lowest BCUT2D eigenvalue weighted by atomic mass is 10.1. The molecule has 1 N–H and O–H groups in total. The molecule has 7 nitrogen and oxygen atoms in total. The first-order chi connectivity index (χ1) is 12.0. The van der Waals surface area contributed by atoms with Crippen LogP contribution in [0.4, 0.5) is 0 Å². The smallest absolute Gasteiger partial charge is 0.359 e. The van der Waals surface area contributed by atoms with Gasteiger partial charge in [0.05, 0.1) is 5.39 Å². The molecule has 1 aromatic heterocycles. The van der Waals surface area contributed by atoms with Gasteiger partial charge in [-0.1, -0.05) is 32.0 Å². The predicted octanol–water partition coefficient (Wildman–Crippen LogP) is 1.88. The van der Waals surface area contributed by atoms with Crippen molar-refractivity contribution in [3.8, 4) is 0 Å². The Labute approximate surface area is 146 Å². The number of nitrogens with one attached hydrogen (secondary N) is 1. The Morgan fingerprint density at radius 1 is 1.24 bits per heavy atom. The zero-order valence-corrected chi connectivity index (χ0v) is 14.7. The molecule has 7 heteroatoms. The van der Waals surface area contributed by atoms with Crippen molar-refractivity contribution in [2.45, 2.75) is 46.2 Å². The summed E-state index contributed by atoms with van der Waals surface area (Å²) in [7, 11) is 0. The molecular formula is C18H23N3O4. The Morgan fingerprint density at radius 3 is 2.56 bits per heavy atom. The minimum Gasteiger partial charge on any atom is -0.451 e. The summed E-state index contributed by atoms with van der Waals surface area (Å²) in [5.41, 5.74) is -0.205. The normalized spacial score (nSPS) is 12.0. The van der Waals surface area contributed by atoms with Gasteiger partial charge in [-0.3, -0.25) is 9.59 Å². The van der Waals surface area contributed by atoms with Gasteiger partial charge in [0.15, 0.2) is 12.3 Å². The van der Waals surface area contributed by atoms with Gasteiger partial charge >= 0.3 is 5.97 Å².